The SMILES string of the molecule is COC(=O)c1ccc(CN(C)C(=O)c2cccc3ccccc23)cc1. The number of methoxy groups -OCH3 is 1. The number of fused-ring (bicyclic) bond motifs is 1. The van der Waals surface area contributed by atoms with Crippen molar-refractivity contribution in [1.82, 2.24) is 4.90 Å². The van der Waals surface area contributed by atoms with E-state index < -0.39 is 0 Å². The lowest BCUT2D eigenvalue weighted by molar-refractivity contribution is 0.0600. The van der Waals surface area contributed by atoms with E-state index >= 15 is 0 Å². The molecule has 0 bridgehead atoms. The lowest BCUT2D eigenvalue weighted by Gasteiger charge is -2.18. The molecule has 0 spiro atoms. The van der Waals surface area contributed by atoms with Gasteiger partial charge in [-0.1, -0.05) is 48.5 Å². The Labute approximate surface area is 146 Å². The number of rotatable bonds is 4. The van der Waals surface area contributed by atoms with Crippen LogP contribution in [0.4, 0.5) is 0 Å². The van der Waals surface area contributed by atoms with E-state index in [1.54, 1.807) is 24.1 Å². The molecule has 0 saturated heterocycles. The molecule has 3 rings (SSSR count). The summed E-state index contributed by atoms with van der Waals surface area (Å²) in [6, 6.07) is 20.7. The van der Waals surface area contributed by atoms with Crippen LogP contribution in [0, 0.1) is 0 Å². The summed E-state index contributed by atoms with van der Waals surface area (Å²) in [6.45, 7) is 0.462. The molecule has 0 heterocycles. The van der Waals surface area contributed by atoms with Gasteiger partial charge in [0, 0.05) is 19.2 Å². The summed E-state index contributed by atoms with van der Waals surface area (Å²) in [7, 11) is 3.13. The molecule has 0 N–H and O–H groups in total. The molecule has 0 radical (unpaired) electrons. The highest BCUT2D eigenvalue weighted by atomic mass is 16.5. The monoisotopic (exact) mass is 333 g/mol. The Balaban J connectivity index is 1.79. The molecule has 3 aromatic rings. The van der Waals surface area contributed by atoms with E-state index in [9.17, 15) is 9.59 Å². The zero-order chi connectivity index (χ0) is 17.8. The maximum atomic E-state index is 12.8. The van der Waals surface area contributed by atoms with Crippen LogP contribution >= 0.6 is 0 Å². The van der Waals surface area contributed by atoms with E-state index in [0.29, 0.717) is 17.7 Å². The molecule has 1 amide bonds. The topological polar surface area (TPSA) is 46.6 Å². The largest absolute Gasteiger partial charge is 0.465 e. The summed E-state index contributed by atoms with van der Waals surface area (Å²) in [6.07, 6.45) is 0. The fourth-order valence-electron chi connectivity index (χ4n) is 2.83. The molecule has 0 atom stereocenters. The van der Waals surface area contributed by atoms with Crippen LogP contribution in [0.15, 0.2) is 66.7 Å². The molecule has 0 saturated carbocycles. The summed E-state index contributed by atoms with van der Waals surface area (Å²) in [5, 5.41) is 1.99. The Bertz CT molecular complexity index is 911. The number of ether oxygens (including phenoxy) is 1. The third kappa shape index (κ3) is 3.53. The second-order valence-electron chi connectivity index (χ2n) is 5.88. The van der Waals surface area contributed by atoms with Gasteiger partial charge in [-0.2, -0.15) is 0 Å². The van der Waals surface area contributed by atoms with Crippen LogP contribution in [0.2, 0.25) is 0 Å². The zero-order valence-electron chi connectivity index (χ0n) is 14.2. The molecular formula is C21H19NO3. The molecule has 126 valence electrons. The first-order chi connectivity index (χ1) is 12.1. The van der Waals surface area contributed by atoms with Gasteiger partial charge in [-0.3, -0.25) is 4.79 Å². The minimum Gasteiger partial charge on any atom is -0.465 e. The van der Waals surface area contributed by atoms with Crippen molar-refractivity contribution in [1.29, 1.82) is 0 Å². The number of hydrogen-bond acceptors (Lipinski definition) is 3. The van der Waals surface area contributed by atoms with Gasteiger partial charge < -0.3 is 9.64 Å². The van der Waals surface area contributed by atoms with Crippen LogP contribution < -0.4 is 0 Å². The standard InChI is InChI=1S/C21H19NO3/c1-22(14-15-10-12-17(13-11-15)21(24)25-2)20(23)19-9-5-7-16-6-3-4-8-18(16)19/h3-13H,14H2,1-2H3. The molecule has 4 nitrogen and oxygen atoms in total. The molecule has 0 aromatic heterocycles. The lowest BCUT2D eigenvalue weighted by atomic mass is 10.0. The second kappa shape index (κ2) is 7.18. The van der Waals surface area contributed by atoms with Crippen molar-refractivity contribution < 1.29 is 14.3 Å². The Kier molecular flexibility index (Phi) is 4.80. The number of carbonyl (C=O) groups is 2. The second-order valence-corrected chi connectivity index (χ2v) is 5.88. The Hall–Kier alpha value is -3.14. The number of hydrogen-bond donors (Lipinski definition) is 0. The van der Waals surface area contributed by atoms with Crippen LogP contribution in [0.1, 0.15) is 26.3 Å². The Morgan fingerprint density at radius 2 is 1.60 bits per heavy atom. The molecule has 0 aliphatic rings. The third-order valence-corrected chi connectivity index (χ3v) is 4.16. The minimum absolute atomic E-state index is 0.0335. The highest BCUT2D eigenvalue weighted by Crippen LogP contribution is 2.20. The van der Waals surface area contributed by atoms with Gasteiger partial charge in [-0.15, -0.1) is 0 Å². The Morgan fingerprint density at radius 1 is 0.920 bits per heavy atom. The van der Waals surface area contributed by atoms with Gasteiger partial charge in [0.05, 0.1) is 12.7 Å². The number of amides is 1. The number of benzene rings is 3. The fourth-order valence-corrected chi connectivity index (χ4v) is 2.83. The fraction of sp³-hybridized carbons (Fsp3) is 0.143. The smallest absolute Gasteiger partial charge is 0.337 e. The molecule has 3 aromatic carbocycles. The number of carbonyl (C=O) groups excluding carboxylic acids is 2. The van der Waals surface area contributed by atoms with Crippen LogP contribution in [-0.4, -0.2) is 30.9 Å². The van der Waals surface area contributed by atoms with Gasteiger partial charge in [0.15, 0.2) is 0 Å². The quantitative estimate of drug-likeness (QED) is 0.680. The van der Waals surface area contributed by atoms with Gasteiger partial charge in [0.1, 0.15) is 0 Å². The first-order valence-corrected chi connectivity index (χ1v) is 8.00. The van der Waals surface area contributed by atoms with E-state index in [1.165, 1.54) is 7.11 Å². The molecule has 0 aliphatic heterocycles. The van der Waals surface area contributed by atoms with E-state index in [4.69, 9.17) is 4.74 Å². The summed E-state index contributed by atoms with van der Waals surface area (Å²) in [5.41, 5.74) is 2.13. The van der Waals surface area contributed by atoms with Crippen LogP contribution in [-0.2, 0) is 11.3 Å². The van der Waals surface area contributed by atoms with Gasteiger partial charge in [0.2, 0.25) is 0 Å². The predicted molar refractivity (Wildman–Crippen MR) is 97.5 cm³/mol. The van der Waals surface area contributed by atoms with Crippen LogP contribution in [0.25, 0.3) is 10.8 Å². The molecule has 0 fully saturated rings. The average molecular weight is 333 g/mol. The summed E-state index contributed by atoms with van der Waals surface area (Å²) in [5.74, 6) is -0.402. The molecule has 25 heavy (non-hydrogen) atoms. The highest BCUT2D eigenvalue weighted by molar-refractivity contribution is 6.06. The van der Waals surface area contributed by atoms with E-state index in [-0.39, 0.29) is 11.9 Å². The number of nitrogens with zero attached hydrogens (tertiary/aromatic N) is 1. The minimum atomic E-state index is -0.369. The van der Waals surface area contributed by atoms with Crippen LogP contribution in [0.3, 0.4) is 0 Å². The molecule has 0 unspecified atom stereocenters. The van der Waals surface area contributed by atoms with E-state index in [2.05, 4.69) is 0 Å². The third-order valence-electron chi connectivity index (χ3n) is 4.16. The maximum Gasteiger partial charge on any atom is 0.337 e. The van der Waals surface area contributed by atoms with Crippen molar-refractivity contribution in [2.24, 2.45) is 0 Å². The van der Waals surface area contributed by atoms with E-state index in [0.717, 1.165) is 16.3 Å². The van der Waals surface area contributed by atoms with Crippen molar-refractivity contribution in [3.8, 4) is 0 Å². The average Bonchev–Trinajstić information content (AvgIpc) is 2.67. The van der Waals surface area contributed by atoms with Crippen molar-refractivity contribution >= 4 is 22.6 Å². The maximum absolute atomic E-state index is 12.8. The lowest BCUT2D eigenvalue weighted by Crippen LogP contribution is -2.26. The zero-order valence-corrected chi connectivity index (χ0v) is 14.2. The Morgan fingerprint density at radius 3 is 2.32 bits per heavy atom. The first-order valence-electron chi connectivity index (χ1n) is 8.00. The van der Waals surface area contributed by atoms with Crippen molar-refractivity contribution in [2.75, 3.05) is 14.2 Å². The summed E-state index contributed by atoms with van der Waals surface area (Å²) < 4.78 is 4.69. The van der Waals surface area contributed by atoms with Crippen molar-refractivity contribution in [3.63, 3.8) is 0 Å². The highest BCUT2D eigenvalue weighted by Gasteiger charge is 2.15. The van der Waals surface area contributed by atoms with Crippen LogP contribution in [0.5, 0.6) is 0 Å². The van der Waals surface area contributed by atoms with Gasteiger partial charge in [-0.05, 0) is 34.5 Å². The summed E-state index contributed by atoms with van der Waals surface area (Å²) >= 11 is 0. The molecule has 0 aliphatic carbocycles. The normalized spacial score (nSPS) is 10.5. The van der Waals surface area contributed by atoms with Gasteiger partial charge in [-0.25, -0.2) is 4.79 Å². The predicted octanol–water partition coefficient (Wildman–Crippen LogP) is 3.90. The van der Waals surface area contributed by atoms with Gasteiger partial charge in [0.25, 0.3) is 5.91 Å². The van der Waals surface area contributed by atoms with E-state index in [1.807, 2.05) is 54.6 Å². The van der Waals surface area contributed by atoms with Crippen molar-refractivity contribution in [2.45, 2.75) is 6.54 Å². The number of esters is 1. The molecular weight excluding hydrogens is 314 g/mol. The van der Waals surface area contributed by atoms with Crippen molar-refractivity contribution in [3.05, 3.63) is 83.4 Å². The van der Waals surface area contributed by atoms with Gasteiger partial charge >= 0.3 is 5.97 Å². The first kappa shape index (κ1) is 16.7. The summed E-state index contributed by atoms with van der Waals surface area (Å²) in [4.78, 5) is 26.0. The molecule has 4 heteroatoms.